The number of aliphatic hydroxyl groups is 1. The molecule has 0 aliphatic carbocycles. The van der Waals surface area contributed by atoms with Crippen LogP contribution < -0.4 is 10.6 Å². The first-order valence-corrected chi connectivity index (χ1v) is 9.08. The number of furan rings is 1. The molecule has 3 rings (SSSR count). The average molecular weight is 361 g/mol. The van der Waals surface area contributed by atoms with Crippen LogP contribution in [0.1, 0.15) is 31.1 Å². The molecule has 1 atom stereocenters. The molecule has 1 unspecified atom stereocenters. The minimum absolute atomic E-state index is 0.282. The van der Waals surface area contributed by atoms with Crippen LogP contribution in [0.5, 0.6) is 0 Å². The van der Waals surface area contributed by atoms with E-state index in [1.54, 1.807) is 24.3 Å². The van der Waals surface area contributed by atoms with Gasteiger partial charge in [0.25, 0.3) is 0 Å². The number of guanidine groups is 1. The van der Waals surface area contributed by atoms with Crippen LogP contribution in [0.4, 0.5) is 0 Å². The second kappa shape index (κ2) is 7.28. The molecule has 0 aromatic carbocycles. The van der Waals surface area contributed by atoms with Crippen LogP contribution in [0.3, 0.4) is 0 Å². The zero-order chi connectivity index (χ0) is 17.9. The Morgan fingerprint density at radius 1 is 1.44 bits per heavy atom. The highest BCUT2D eigenvalue weighted by molar-refractivity contribution is 7.15. The molecule has 0 amide bonds. The number of aromatic nitrogens is 2. The van der Waals surface area contributed by atoms with Crippen molar-refractivity contribution in [2.75, 3.05) is 13.1 Å². The van der Waals surface area contributed by atoms with Gasteiger partial charge in [0, 0.05) is 24.3 Å². The Morgan fingerprint density at radius 3 is 2.96 bits per heavy atom. The molecule has 3 aromatic heterocycles. The van der Waals surface area contributed by atoms with Crippen LogP contribution in [0.25, 0.3) is 4.96 Å². The lowest BCUT2D eigenvalue weighted by molar-refractivity contribution is 0.0378. The second-order valence-corrected chi connectivity index (χ2v) is 6.93. The summed E-state index contributed by atoms with van der Waals surface area (Å²) in [6.07, 6.45) is 3.95. The first-order chi connectivity index (χ1) is 12.0. The Bertz CT molecular complexity index is 833. The third-order valence-corrected chi connectivity index (χ3v) is 4.53. The molecule has 8 heteroatoms. The molecule has 7 nitrogen and oxygen atoms in total. The smallest absolute Gasteiger partial charge is 0.193 e. The van der Waals surface area contributed by atoms with E-state index in [9.17, 15) is 5.11 Å². The number of hydrogen-bond donors (Lipinski definition) is 3. The number of aliphatic imine (C=N–C) groups is 1. The largest absolute Gasteiger partial charge is 0.463 e. The van der Waals surface area contributed by atoms with E-state index in [0.29, 0.717) is 18.3 Å². The van der Waals surface area contributed by atoms with Gasteiger partial charge in [-0.15, -0.1) is 11.3 Å². The SMILES string of the molecule is CCNC(=NCc1cn2ccsc2n1)NCC(C)(O)c1ccc(C)o1. The molecule has 0 fully saturated rings. The van der Waals surface area contributed by atoms with E-state index in [1.165, 1.54) is 0 Å². The standard InChI is InChI=1S/C17H23N5O2S/c1-4-18-15(19-9-13-10-22-7-8-25-16(22)21-13)20-11-17(3,23)14-6-5-12(2)24-14/h5-8,10,23H,4,9,11H2,1-3H3,(H2,18,19,20). The van der Waals surface area contributed by atoms with Crippen molar-refractivity contribution in [3.8, 4) is 0 Å². The number of imidazole rings is 1. The molecule has 3 N–H and O–H groups in total. The van der Waals surface area contributed by atoms with Gasteiger partial charge in [0.1, 0.15) is 17.1 Å². The predicted molar refractivity (Wildman–Crippen MR) is 98.9 cm³/mol. The molecule has 25 heavy (non-hydrogen) atoms. The van der Waals surface area contributed by atoms with Crippen LogP contribution in [0.2, 0.25) is 0 Å². The lowest BCUT2D eigenvalue weighted by Crippen LogP contribution is -2.44. The van der Waals surface area contributed by atoms with E-state index >= 15 is 0 Å². The van der Waals surface area contributed by atoms with Crippen molar-refractivity contribution in [3.05, 3.63) is 47.1 Å². The number of fused-ring (bicyclic) bond motifs is 1. The Kier molecular flexibility index (Phi) is 5.10. The molecule has 3 heterocycles. The summed E-state index contributed by atoms with van der Waals surface area (Å²) in [5.41, 5.74) is -0.223. The van der Waals surface area contributed by atoms with Crippen molar-refractivity contribution < 1.29 is 9.52 Å². The van der Waals surface area contributed by atoms with Crippen LogP contribution in [0, 0.1) is 6.92 Å². The molecular formula is C17H23N5O2S. The Hall–Kier alpha value is -2.32. The molecule has 0 saturated carbocycles. The second-order valence-electron chi connectivity index (χ2n) is 6.06. The van der Waals surface area contributed by atoms with Gasteiger partial charge in [-0.1, -0.05) is 0 Å². The number of aryl methyl sites for hydroxylation is 1. The van der Waals surface area contributed by atoms with Gasteiger partial charge < -0.3 is 20.2 Å². The summed E-state index contributed by atoms with van der Waals surface area (Å²) >= 11 is 1.59. The molecular weight excluding hydrogens is 338 g/mol. The molecule has 0 aliphatic heterocycles. The summed E-state index contributed by atoms with van der Waals surface area (Å²) in [5, 5.41) is 19.0. The molecule has 0 aliphatic rings. The zero-order valence-electron chi connectivity index (χ0n) is 14.6. The minimum Gasteiger partial charge on any atom is -0.463 e. The molecule has 0 spiro atoms. The highest BCUT2D eigenvalue weighted by Gasteiger charge is 2.27. The van der Waals surface area contributed by atoms with E-state index in [-0.39, 0.29) is 6.54 Å². The average Bonchev–Trinajstić information content (AvgIpc) is 3.26. The highest BCUT2D eigenvalue weighted by atomic mass is 32.1. The quantitative estimate of drug-likeness (QED) is 0.463. The van der Waals surface area contributed by atoms with Crippen molar-refractivity contribution in [3.63, 3.8) is 0 Å². The first kappa shape index (κ1) is 17.5. The third-order valence-electron chi connectivity index (χ3n) is 3.76. The van der Waals surface area contributed by atoms with Gasteiger partial charge >= 0.3 is 0 Å². The van der Waals surface area contributed by atoms with Gasteiger partial charge in [-0.2, -0.15) is 0 Å². The van der Waals surface area contributed by atoms with Gasteiger partial charge in [-0.3, -0.25) is 4.40 Å². The normalized spacial score (nSPS) is 14.6. The molecule has 0 bridgehead atoms. The van der Waals surface area contributed by atoms with E-state index in [2.05, 4.69) is 20.6 Å². The highest BCUT2D eigenvalue weighted by Crippen LogP contribution is 2.21. The fourth-order valence-electron chi connectivity index (χ4n) is 2.42. The van der Waals surface area contributed by atoms with Crippen LogP contribution >= 0.6 is 11.3 Å². The van der Waals surface area contributed by atoms with E-state index in [0.717, 1.165) is 23.0 Å². The Morgan fingerprint density at radius 2 is 2.28 bits per heavy atom. The maximum Gasteiger partial charge on any atom is 0.193 e. The summed E-state index contributed by atoms with van der Waals surface area (Å²) < 4.78 is 7.52. The Balaban J connectivity index is 1.64. The molecule has 3 aromatic rings. The summed E-state index contributed by atoms with van der Waals surface area (Å²) in [6.45, 7) is 7.04. The van der Waals surface area contributed by atoms with E-state index in [4.69, 9.17) is 4.42 Å². The number of rotatable bonds is 6. The number of nitrogens with one attached hydrogen (secondary N) is 2. The molecule has 134 valence electrons. The summed E-state index contributed by atoms with van der Waals surface area (Å²) in [6, 6.07) is 3.63. The van der Waals surface area contributed by atoms with Crippen molar-refractivity contribution in [2.24, 2.45) is 4.99 Å². The number of nitrogens with zero attached hydrogens (tertiary/aromatic N) is 3. The van der Waals surface area contributed by atoms with Crippen molar-refractivity contribution in [1.82, 2.24) is 20.0 Å². The Labute approximate surface area is 150 Å². The van der Waals surface area contributed by atoms with E-state index < -0.39 is 5.60 Å². The van der Waals surface area contributed by atoms with Gasteiger partial charge in [-0.25, -0.2) is 9.98 Å². The number of thiazole rings is 1. The zero-order valence-corrected chi connectivity index (χ0v) is 15.4. The van der Waals surface area contributed by atoms with Gasteiger partial charge in [0.15, 0.2) is 10.9 Å². The van der Waals surface area contributed by atoms with Crippen LogP contribution in [-0.4, -0.2) is 33.5 Å². The minimum atomic E-state index is -1.12. The maximum absolute atomic E-state index is 10.6. The monoisotopic (exact) mass is 361 g/mol. The van der Waals surface area contributed by atoms with Crippen LogP contribution in [-0.2, 0) is 12.1 Å². The van der Waals surface area contributed by atoms with Crippen molar-refractivity contribution >= 4 is 22.3 Å². The lowest BCUT2D eigenvalue weighted by atomic mass is 10.0. The van der Waals surface area contributed by atoms with Crippen molar-refractivity contribution in [1.29, 1.82) is 0 Å². The topological polar surface area (TPSA) is 87.1 Å². The van der Waals surface area contributed by atoms with Gasteiger partial charge in [-0.05, 0) is 32.9 Å². The maximum atomic E-state index is 10.6. The fourth-order valence-corrected chi connectivity index (χ4v) is 3.14. The van der Waals surface area contributed by atoms with Crippen LogP contribution in [0.15, 0.2) is 39.3 Å². The van der Waals surface area contributed by atoms with Crippen molar-refractivity contribution in [2.45, 2.75) is 32.9 Å². The number of hydrogen-bond acceptors (Lipinski definition) is 5. The predicted octanol–water partition coefficient (Wildman–Crippen LogP) is 2.26. The third kappa shape index (κ3) is 4.21. The lowest BCUT2D eigenvalue weighted by Gasteiger charge is -2.22. The summed E-state index contributed by atoms with van der Waals surface area (Å²) in [7, 11) is 0. The van der Waals surface area contributed by atoms with Gasteiger partial charge in [0.05, 0.1) is 18.8 Å². The summed E-state index contributed by atoms with van der Waals surface area (Å²) in [4.78, 5) is 10.0. The molecule has 0 saturated heterocycles. The first-order valence-electron chi connectivity index (χ1n) is 8.20. The van der Waals surface area contributed by atoms with E-state index in [1.807, 2.05) is 42.1 Å². The molecule has 0 radical (unpaired) electrons. The fraction of sp³-hybridized carbons (Fsp3) is 0.412. The summed E-state index contributed by atoms with van der Waals surface area (Å²) in [5.74, 6) is 1.93. The van der Waals surface area contributed by atoms with Gasteiger partial charge in [0.2, 0.25) is 0 Å².